The van der Waals surface area contributed by atoms with Crippen molar-refractivity contribution in [2.24, 2.45) is 0 Å². The first-order valence-corrected chi connectivity index (χ1v) is 11.0. The summed E-state index contributed by atoms with van der Waals surface area (Å²) in [6.45, 7) is 1.57. The Labute approximate surface area is 206 Å². The fourth-order valence-electron chi connectivity index (χ4n) is 3.27. The van der Waals surface area contributed by atoms with Crippen molar-refractivity contribution in [2.45, 2.75) is 19.6 Å². The van der Waals surface area contributed by atoms with E-state index in [1.54, 1.807) is 6.92 Å². The van der Waals surface area contributed by atoms with Gasteiger partial charge in [-0.2, -0.15) is 23.1 Å². The number of halogens is 5. The van der Waals surface area contributed by atoms with Gasteiger partial charge in [0.15, 0.2) is 5.65 Å². The van der Waals surface area contributed by atoms with Gasteiger partial charge in [-0.15, -0.1) is 0 Å². The molecule has 1 amide bonds. The molecule has 35 heavy (non-hydrogen) atoms. The molecule has 3 aromatic heterocycles. The summed E-state index contributed by atoms with van der Waals surface area (Å²) < 4.78 is 45.3. The van der Waals surface area contributed by atoms with E-state index in [2.05, 4.69) is 30.6 Å². The van der Waals surface area contributed by atoms with E-state index >= 15 is 0 Å². The van der Waals surface area contributed by atoms with Crippen molar-refractivity contribution >= 4 is 51.9 Å². The summed E-state index contributed by atoms with van der Waals surface area (Å²) in [5.74, 6) is -0.439. The number of rotatable bonds is 7. The van der Waals surface area contributed by atoms with Crippen LogP contribution in [-0.2, 0) is 12.7 Å². The Morgan fingerprint density at radius 1 is 1.14 bits per heavy atom. The van der Waals surface area contributed by atoms with Crippen molar-refractivity contribution in [1.29, 1.82) is 0 Å². The molecule has 0 spiro atoms. The number of H-pyrrole nitrogens is 1. The second-order valence-electron chi connectivity index (χ2n) is 7.17. The minimum atomic E-state index is -4.54. The zero-order valence-electron chi connectivity index (χ0n) is 18.0. The van der Waals surface area contributed by atoms with Gasteiger partial charge in [-0.05, 0) is 24.6 Å². The number of alkyl halides is 3. The zero-order valence-corrected chi connectivity index (χ0v) is 19.5. The summed E-state index contributed by atoms with van der Waals surface area (Å²) in [6, 6.07) is 6.47. The number of anilines is 2. The number of hydrogen-bond donors (Lipinski definition) is 3. The van der Waals surface area contributed by atoms with Gasteiger partial charge in [0.25, 0.3) is 5.91 Å². The SMILES string of the molecule is CCOc1nc2nc(Nc3c(Cl)cncc3Cl)[nH]c2cc1C(=O)NCc1ccccc1C(F)(F)F. The number of carbonyl (C=O) groups is 1. The van der Waals surface area contributed by atoms with Gasteiger partial charge < -0.3 is 20.4 Å². The van der Waals surface area contributed by atoms with E-state index in [-0.39, 0.29) is 51.8 Å². The van der Waals surface area contributed by atoms with Gasteiger partial charge in [0.1, 0.15) is 5.56 Å². The first-order valence-electron chi connectivity index (χ1n) is 10.2. The molecule has 0 aliphatic heterocycles. The zero-order chi connectivity index (χ0) is 25.2. The molecule has 4 rings (SSSR count). The number of aromatic amines is 1. The van der Waals surface area contributed by atoms with Gasteiger partial charge in [0.05, 0.1) is 33.4 Å². The summed E-state index contributed by atoms with van der Waals surface area (Å²) in [5, 5.41) is 5.97. The van der Waals surface area contributed by atoms with E-state index in [1.165, 1.54) is 36.7 Å². The molecule has 0 saturated carbocycles. The van der Waals surface area contributed by atoms with Gasteiger partial charge in [0, 0.05) is 18.9 Å². The van der Waals surface area contributed by atoms with E-state index in [9.17, 15) is 18.0 Å². The Balaban J connectivity index is 1.62. The molecular formula is C22H17Cl2F3N6O2. The number of fused-ring (bicyclic) bond motifs is 1. The molecule has 0 unspecified atom stereocenters. The number of ether oxygens (including phenoxy) is 1. The van der Waals surface area contributed by atoms with Crippen LogP contribution in [0.1, 0.15) is 28.4 Å². The molecule has 0 fully saturated rings. The van der Waals surface area contributed by atoms with Gasteiger partial charge in [-0.1, -0.05) is 41.4 Å². The predicted molar refractivity (Wildman–Crippen MR) is 125 cm³/mol. The molecule has 1 aromatic carbocycles. The van der Waals surface area contributed by atoms with Gasteiger partial charge >= 0.3 is 6.18 Å². The van der Waals surface area contributed by atoms with Crippen LogP contribution in [0.15, 0.2) is 42.7 Å². The summed E-state index contributed by atoms with van der Waals surface area (Å²) in [6.07, 6.45) is -1.73. The first-order chi connectivity index (χ1) is 16.7. The molecule has 182 valence electrons. The van der Waals surface area contributed by atoms with Crippen LogP contribution in [0.5, 0.6) is 5.88 Å². The molecule has 0 aliphatic rings. The number of carbonyl (C=O) groups excluding carboxylic acids is 1. The lowest BCUT2D eigenvalue weighted by Crippen LogP contribution is -2.25. The van der Waals surface area contributed by atoms with Crippen molar-refractivity contribution in [2.75, 3.05) is 11.9 Å². The summed E-state index contributed by atoms with van der Waals surface area (Å²) >= 11 is 12.3. The Morgan fingerprint density at radius 2 is 1.86 bits per heavy atom. The lowest BCUT2D eigenvalue weighted by molar-refractivity contribution is -0.138. The van der Waals surface area contributed by atoms with Crippen LogP contribution in [-0.4, -0.2) is 32.4 Å². The van der Waals surface area contributed by atoms with Gasteiger partial charge in [0.2, 0.25) is 11.8 Å². The quantitative estimate of drug-likeness (QED) is 0.284. The van der Waals surface area contributed by atoms with Crippen LogP contribution in [0.3, 0.4) is 0 Å². The van der Waals surface area contributed by atoms with E-state index < -0.39 is 17.6 Å². The van der Waals surface area contributed by atoms with Crippen molar-refractivity contribution in [3.63, 3.8) is 0 Å². The average Bonchev–Trinajstić information content (AvgIpc) is 3.20. The fraction of sp³-hybridized carbons (Fsp3) is 0.182. The third-order valence-corrected chi connectivity index (χ3v) is 5.40. The lowest BCUT2D eigenvalue weighted by Gasteiger charge is -2.14. The molecule has 0 saturated heterocycles. The molecule has 3 N–H and O–H groups in total. The molecule has 0 radical (unpaired) electrons. The van der Waals surface area contributed by atoms with Crippen molar-refractivity contribution in [3.05, 3.63) is 69.5 Å². The second-order valence-corrected chi connectivity index (χ2v) is 7.99. The number of amides is 1. The lowest BCUT2D eigenvalue weighted by atomic mass is 10.1. The minimum Gasteiger partial charge on any atom is -0.477 e. The van der Waals surface area contributed by atoms with Crippen molar-refractivity contribution in [1.82, 2.24) is 25.3 Å². The van der Waals surface area contributed by atoms with Crippen LogP contribution in [0.2, 0.25) is 10.0 Å². The standard InChI is InChI=1S/C22H17Cl2F3N6O2/c1-2-35-20-12(19(34)29-8-11-5-3-4-6-13(11)22(25,26)27)7-16-18(32-20)33-21(30-16)31-17-14(23)9-28-10-15(17)24/h3-7,9-10H,2,8H2,1H3,(H,29,34)(H2,28,30,31,32,33). The fourth-order valence-corrected chi connectivity index (χ4v) is 3.72. The molecule has 4 aromatic rings. The smallest absolute Gasteiger partial charge is 0.416 e. The second kappa shape index (κ2) is 9.96. The number of benzene rings is 1. The normalized spacial score (nSPS) is 11.5. The van der Waals surface area contributed by atoms with Crippen LogP contribution >= 0.6 is 23.2 Å². The van der Waals surface area contributed by atoms with E-state index in [1.807, 2.05) is 0 Å². The van der Waals surface area contributed by atoms with Crippen molar-refractivity contribution < 1.29 is 22.7 Å². The average molecular weight is 525 g/mol. The minimum absolute atomic E-state index is 0.0142. The number of aromatic nitrogens is 4. The largest absolute Gasteiger partial charge is 0.477 e. The third kappa shape index (κ3) is 5.41. The molecule has 0 bridgehead atoms. The van der Waals surface area contributed by atoms with Crippen LogP contribution < -0.4 is 15.4 Å². The van der Waals surface area contributed by atoms with E-state index in [4.69, 9.17) is 27.9 Å². The molecule has 13 heteroatoms. The Hall–Kier alpha value is -3.57. The molecule has 3 heterocycles. The number of hydrogen-bond acceptors (Lipinski definition) is 6. The van der Waals surface area contributed by atoms with E-state index in [0.29, 0.717) is 11.2 Å². The third-order valence-electron chi connectivity index (χ3n) is 4.82. The van der Waals surface area contributed by atoms with Crippen LogP contribution in [0.25, 0.3) is 11.2 Å². The van der Waals surface area contributed by atoms with Crippen molar-refractivity contribution in [3.8, 4) is 5.88 Å². The maximum atomic E-state index is 13.3. The molecule has 0 atom stereocenters. The van der Waals surface area contributed by atoms with E-state index in [0.717, 1.165) is 6.07 Å². The Bertz CT molecular complexity index is 1370. The highest BCUT2D eigenvalue weighted by Gasteiger charge is 2.33. The Morgan fingerprint density at radius 3 is 2.54 bits per heavy atom. The molecule has 8 nitrogen and oxygen atoms in total. The van der Waals surface area contributed by atoms with Crippen LogP contribution in [0.4, 0.5) is 24.8 Å². The Kier molecular flexibility index (Phi) is 6.99. The maximum absolute atomic E-state index is 13.3. The first kappa shape index (κ1) is 24.6. The summed E-state index contributed by atoms with van der Waals surface area (Å²) in [5.41, 5.74) is 0.109. The number of nitrogens with zero attached hydrogens (tertiary/aromatic N) is 3. The number of pyridine rings is 2. The monoisotopic (exact) mass is 524 g/mol. The number of nitrogens with one attached hydrogen (secondary N) is 3. The molecular weight excluding hydrogens is 508 g/mol. The highest BCUT2D eigenvalue weighted by molar-refractivity contribution is 6.39. The highest BCUT2D eigenvalue weighted by Crippen LogP contribution is 2.33. The number of imidazole rings is 1. The topological polar surface area (TPSA) is 105 Å². The summed E-state index contributed by atoms with van der Waals surface area (Å²) in [7, 11) is 0. The highest BCUT2D eigenvalue weighted by atomic mass is 35.5. The van der Waals surface area contributed by atoms with Gasteiger partial charge in [-0.25, -0.2) is 0 Å². The van der Waals surface area contributed by atoms with Crippen LogP contribution in [0, 0.1) is 0 Å². The molecule has 0 aliphatic carbocycles. The van der Waals surface area contributed by atoms with Gasteiger partial charge in [-0.3, -0.25) is 9.78 Å². The maximum Gasteiger partial charge on any atom is 0.416 e. The summed E-state index contributed by atoms with van der Waals surface area (Å²) in [4.78, 5) is 28.3. The predicted octanol–water partition coefficient (Wildman–Crippen LogP) is 5.75.